The number of fused-ring (bicyclic) bond motifs is 1. The second-order valence-corrected chi connectivity index (χ2v) is 7.54. The minimum absolute atomic E-state index is 0.0284. The normalized spacial score (nSPS) is 13.8. The Bertz CT molecular complexity index is 925. The van der Waals surface area contributed by atoms with E-state index in [-0.39, 0.29) is 5.56 Å². The number of nitrogens with one attached hydrogen (secondary N) is 1. The van der Waals surface area contributed by atoms with Crippen LogP contribution in [0.5, 0.6) is 0 Å². The van der Waals surface area contributed by atoms with Gasteiger partial charge in [0, 0.05) is 0 Å². The zero-order valence-electron chi connectivity index (χ0n) is 13.7. The fourth-order valence-corrected chi connectivity index (χ4v) is 4.23. The van der Waals surface area contributed by atoms with Crippen LogP contribution >= 0.6 is 0 Å². The Labute approximate surface area is 145 Å². The van der Waals surface area contributed by atoms with Crippen LogP contribution in [-0.4, -0.2) is 21.5 Å². The fourth-order valence-electron chi connectivity index (χ4n) is 3.03. The van der Waals surface area contributed by atoms with Crippen molar-refractivity contribution in [2.45, 2.75) is 30.6 Å². The van der Waals surface area contributed by atoms with E-state index < -0.39 is 26.7 Å². The van der Waals surface area contributed by atoms with Crippen LogP contribution in [0.1, 0.15) is 34.3 Å². The molecule has 0 heterocycles. The van der Waals surface area contributed by atoms with Gasteiger partial charge in [-0.05, 0) is 61.1 Å². The number of halogens is 1. The summed E-state index contributed by atoms with van der Waals surface area (Å²) in [5.41, 5.74) is 2.48. The average molecular weight is 363 g/mol. The third kappa shape index (κ3) is 3.51. The van der Waals surface area contributed by atoms with Crippen LogP contribution in [0.2, 0.25) is 0 Å². The van der Waals surface area contributed by atoms with Crippen LogP contribution in [0.25, 0.3) is 0 Å². The first-order chi connectivity index (χ1) is 11.9. The van der Waals surface area contributed by atoms with Gasteiger partial charge in [0.1, 0.15) is 10.7 Å². The van der Waals surface area contributed by atoms with E-state index in [1.165, 1.54) is 13.2 Å². The molecule has 25 heavy (non-hydrogen) atoms. The van der Waals surface area contributed by atoms with Gasteiger partial charge < -0.3 is 4.74 Å². The molecule has 2 aromatic carbocycles. The maximum absolute atomic E-state index is 14.1. The number of carbonyl (C=O) groups excluding carboxylic acids is 1. The van der Waals surface area contributed by atoms with E-state index in [4.69, 9.17) is 0 Å². The number of esters is 1. The van der Waals surface area contributed by atoms with Gasteiger partial charge in [0.25, 0.3) is 10.0 Å². The molecule has 2 aromatic rings. The predicted molar refractivity (Wildman–Crippen MR) is 91.6 cm³/mol. The molecule has 1 aliphatic rings. The quantitative estimate of drug-likeness (QED) is 0.846. The molecule has 0 saturated heterocycles. The first-order valence-electron chi connectivity index (χ1n) is 7.94. The molecule has 0 aliphatic heterocycles. The average Bonchev–Trinajstić information content (AvgIpc) is 2.61. The molecule has 0 amide bonds. The molecule has 0 aromatic heterocycles. The van der Waals surface area contributed by atoms with Gasteiger partial charge in [-0.1, -0.05) is 12.1 Å². The molecule has 7 heteroatoms. The van der Waals surface area contributed by atoms with Gasteiger partial charge in [-0.15, -0.1) is 0 Å². The Morgan fingerprint density at radius 1 is 1.16 bits per heavy atom. The third-order valence-electron chi connectivity index (χ3n) is 4.28. The summed E-state index contributed by atoms with van der Waals surface area (Å²) < 4.78 is 46.5. The highest BCUT2D eigenvalue weighted by Crippen LogP contribution is 2.30. The van der Waals surface area contributed by atoms with Gasteiger partial charge in [-0.3, -0.25) is 4.72 Å². The predicted octanol–water partition coefficient (Wildman–Crippen LogP) is 3.29. The lowest BCUT2D eigenvalue weighted by Gasteiger charge is -2.20. The van der Waals surface area contributed by atoms with E-state index in [1.54, 1.807) is 12.1 Å². The number of ether oxygens (including phenoxy) is 1. The monoisotopic (exact) mass is 363 g/mol. The number of sulfonamides is 1. The lowest BCUT2D eigenvalue weighted by Crippen LogP contribution is -2.18. The van der Waals surface area contributed by atoms with Crippen LogP contribution in [0.15, 0.2) is 41.3 Å². The van der Waals surface area contributed by atoms with Gasteiger partial charge in [0.2, 0.25) is 0 Å². The number of hydrogen-bond acceptors (Lipinski definition) is 4. The zero-order chi connectivity index (χ0) is 18.0. The molecule has 132 valence electrons. The van der Waals surface area contributed by atoms with Crippen molar-refractivity contribution in [1.82, 2.24) is 0 Å². The summed E-state index contributed by atoms with van der Waals surface area (Å²) >= 11 is 0. The Balaban J connectivity index is 2.00. The largest absolute Gasteiger partial charge is 0.465 e. The molecular formula is C18H18FNO4S. The molecular weight excluding hydrogens is 345 g/mol. The van der Waals surface area contributed by atoms with E-state index in [0.717, 1.165) is 48.9 Å². The van der Waals surface area contributed by atoms with Gasteiger partial charge in [-0.2, -0.15) is 0 Å². The highest BCUT2D eigenvalue weighted by molar-refractivity contribution is 7.92. The molecule has 1 aliphatic carbocycles. The first kappa shape index (κ1) is 17.4. The molecule has 0 bridgehead atoms. The lowest BCUT2D eigenvalue weighted by atomic mass is 9.91. The molecule has 0 radical (unpaired) electrons. The van der Waals surface area contributed by atoms with E-state index in [0.29, 0.717) is 5.69 Å². The van der Waals surface area contributed by atoms with Crippen molar-refractivity contribution in [1.29, 1.82) is 0 Å². The zero-order valence-corrected chi connectivity index (χ0v) is 14.5. The van der Waals surface area contributed by atoms with Crippen molar-refractivity contribution in [2.75, 3.05) is 11.8 Å². The maximum atomic E-state index is 14.1. The van der Waals surface area contributed by atoms with Crippen molar-refractivity contribution in [3.8, 4) is 0 Å². The fraction of sp³-hybridized carbons (Fsp3) is 0.278. The van der Waals surface area contributed by atoms with Crippen LogP contribution in [-0.2, 0) is 27.6 Å². The topological polar surface area (TPSA) is 72.5 Å². The minimum atomic E-state index is -4.17. The summed E-state index contributed by atoms with van der Waals surface area (Å²) in [5.74, 6) is -1.65. The number of aryl methyl sites for hydroxylation is 1. The standard InChI is InChI=1S/C18H18FNO4S/c1-24-18(21)13-9-10-15(19)17(11-13)25(22,23)20-16-8-4-6-12-5-2-3-7-14(12)16/h4,6,8-11,20H,2-3,5,7H2,1H3. The van der Waals surface area contributed by atoms with E-state index in [1.807, 2.05) is 6.07 Å². The summed E-state index contributed by atoms with van der Waals surface area (Å²) in [6, 6.07) is 8.54. The van der Waals surface area contributed by atoms with Gasteiger partial charge in [0.15, 0.2) is 0 Å². The van der Waals surface area contributed by atoms with Crippen molar-refractivity contribution in [3.05, 3.63) is 58.9 Å². The number of methoxy groups -OCH3 is 1. The SMILES string of the molecule is COC(=O)c1ccc(F)c(S(=O)(=O)Nc2cccc3c2CCCC3)c1. The second kappa shape index (κ2) is 6.84. The van der Waals surface area contributed by atoms with Gasteiger partial charge in [-0.25, -0.2) is 17.6 Å². The maximum Gasteiger partial charge on any atom is 0.337 e. The van der Waals surface area contributed by atoms with E-state index in [9.17, 15) is 17.6 Å². The molecule has 0 atom stereocenters. The minimum Gasteiger partial charge on any atom is -0.465 e. The van der Waals surface area contributed by atoms with Gasteiger partial charge >= 0.3 is 5.97 Å². The smallest absolute Gasteiger partial charge is 0.337 e. The Kier molecular flexibility index (Phi) is 4.76. The molecule has 0 unspecified atom stereocenters. The van der Waals surface area contributed by atoms with Crippen LogP contribution in [0.4, 0.5) is 10.1 Å². The van der Waals surface area contributed by atoms with Crippen LogP contribution in [0.3, 0.4) is 0 Å². The second-order valence-electron chi connectivity index (χ2n) is 5.89. The highest BCUT2D eigenvalue weighted by Gasteiger charge is 2.23. The van der Waals surface area contributed by atoms with E-state index >= 15 is 0 Å². The lowest BCUT2D eigenvalue weighted by molar-refractivity contribution is 0.0600. The number of hydrogen-bond donors (Lipinski definition) is 1. The third-order valence-corrected chi connectivity index (χ3v) is 5.66. The number of anilines is 1. The number of benzene rings is 2. The molecule has 5 nitrogen and oxygen atoms in total. The molecule has 3 rings (SSSR count). The first-order valence-corrected chi connectivity index (χ1v) is 9.42. The van der Waals surface area contributed by atoms with Crippen molar-refractivity contribution in [2.24, 2.45) is 0 Å². The van der Waals surface area contributed by atoms with Crippen molar-refractivity contribution in [3.63, 3.8) is 0 Å². The molecule has 1 N–H and O–H groups in total. The summed E-state index contributed by atoms with van der Waals surface area (Å²) in [7, 11) is -3.00. The van der Waals surface area contributed by atoms with Crippen molar-refractivity contribution < 1.29 is 22.3 Å². The summed E-state index contributed by atoms with van der Waals surface area (Å²) in [4.78, 5) is 11.0. The highest BCUT2D eigenvalue weighted by atomic mass is 32.2. The van der Waals surface area contributed by atoms with Gasteiger partial charge in [0.05, 0.1) is 18.4 Å². The summed E-state index contributed by atoms with van der Waals surface area (Å²) in [6.07, 6.45) is 3.73. The van der Waals surface area contributed by atoms with Crippen LogP contribution < -0.4 is 4.72 Å². The summed E-state index contributed by atoms with van der Waals surface area (Å²) in [6.45, 7) is 0. The number of carbonyl (C=O) groups is 1. The Morgan fingerprint density at radius 2 is 1.92 bits per heavy atom. The molecule has 0 saturated carbocycles. The summed E-state index contributed by atoms with van der Waals surface area (Å²) in [5, 5.41) is 0. The molecule has 0 spiro atoms. The molecule has 0 fully saturated rings. The number of rotatable bonds is 4. The van der Waals surface area contributed by atoms with E-state index in [2.05, 4.69) is 9.46 Å². The Morgan fingerprint density at radius 3 is 2.68 bits per heavy atom. The van der Waals surface area contributed by atoms with Crippen molar-refractivity contribution >= 4 is 21.7 Å². The van der Waals surface area contributed by atoms with Crippen LogP contribution in [0, 0.1) is 5.82 Å². The Hall–Kier alpha value is -2.41.